The second kappa shape index (κ2) is 7.01. The van der Waals surface area contributed by atoms with Gasteiger partial charge in [-0.2, -0.15) is 0 Å². The zero-order valence-electron chi connectivity index (χ0n) is 10.3. The summed E-state index contributed by atoms with van der Waals surface area (Å²) >= 11 is 0. The van der Waals surface area contributed by atoms with Crippen molar-refractivity contribution in [1.82, 2.24) is 4.98 Å². The molecule has 94 valence electrons. The third-order valence-electron chi connectivity index (χ3n) is 2.51. The molecule has 0 aliphatic rings. The predicted molar refractivity (Wildman–Crippen MR) is 64.8 cm³/mol. The van der Waals surface area contributed by atoms with Gasteiger partial charge in [0.05, 0.1) is 0 Å². The standard InChI is InChI=1S/C13H19NO3/c1-10(2)12(13(15)16)17-9-3-4-11-5-7-14-8-6-11/h5-8,10,12H,3-4,9H2,1-2H3,(H,15,16). The van der Waals surface area contributed by atoms with E-state index in [9.17, 15) is 4.79 Å². The number of ether oxygens (including phenoxy) is 1. The third-order valence-corrected chi connectivity index (χ3v) is 2.51. The molecule has 0 saturated heterocycles. The Morgan fingerprint density at radius 1 is 1.41 bits per heavy atom. The van der Waals surface area contributed by atoms with Crippen LogP contribution in [0, 0.1) is 5.92 Å². The lowest BCUT2D eigenvalue weighted by atomic mass is 10.1. The molecule has 0 radical (unpaired) electrons. The molecular weight excluding hydrogens is 218 g/mol. The van der Waals surface area contributed by atoms with Crippen LogP contribution in [0.25, 0.3) is 0 Å². The molecule has 4 nitrogen and oxygen atoms in total. The maximum absolute atomic E-state index is 10.9. The Morgan fingerprint density at radius 3 is 2.59 bits per heavy atom. The van der Waals surface area contributed by atoms with Crippen molar-refractivity contribution in [2.75, 3.05) is 6.61 Å². The topological polar surface area (TPSA) is 59.4 Å². The SMILES string of the molecule is CC(C)C(OCCCc1ccncc1)C(=O)O. The van der Waals surface area contributed by atoms with E-state index in [4.69, 9.17) is 9.84 Å². The van der Waals surface area contributed by atoms with Crippen LogP contribution in [-0.2, 0) is 16.0 Å². The van der Waals surface area contributed by atoms with Crippen molar-refractivity contribution < 1.29 is 14.6 Å². The van der Waals surface area contributed by atoms with Gasteiger partial charge in [0.1, 0.15) is 0 Å². The molecule has 1 heterocycles. The van der Waals surface area contributed by atoms with Crippen molar-refractivity contribution in [2.24, 2.45) is 5.92 Å². The monoisotopic (exact) mass is 237 g/mol. The minimum Gasteiger partial charge on any atom is -0.479 e. The van der Waals surface area contributed by atoms with Gasteiger partial charge >= 0.3 is 5.97 Å². The smallest absolute Gasteiger partial charge is 0.333 e. The first-order chi connectivity index (χ1) is 8.11. The molecule has 1 unspecified atom stereocenters. The Morgan fingerprint density at radius 2 is 2.06 bits per heavy atom. The molecule has 0 saturated carbocycles. The van der Waals surface area contributed by atoms with Gasteiger partial charge in [0.15, 0.2) is 6.10 Å². The highest BCUT2D eigenvalue weighted by Gasteiger charge is 2.21. The summed E-state index contributed by atoms with van der Waals surface area (Å²) in [5.41, 5.74) is 1.19. The number of aryl methyl sites for hydroxylation is 1. The lowest BCUT2D eigenvalue weighted by molar-refractivity contribution is -0.153. The van der Waals surface area contributed by atoms with Crippen molar-refractivity contribution in [2.45, 2.75) is 32.8 Å². The number of aliphatic carboxylic acids is 1. The van der Waals surface area contributed by atoms with Crippen LogP contribution in [0.15, 0.2) is 24.5 Å². The molecule has 1 aromatic rings. The zero-order valence-corrected chi connectivity index (χ0v) is 10.3. The van der Waals surface area contributed by atoms with Gasteiger partial charge in [-0.15, -0.1) is 0 Å². The summed E-state index contributed by atoms with van der Waals surface area (Å²) in [6.45, 7) is 4.17. The molecule has 17 heavy (non-hydrogen) atoms. The average Bonchev–Trinajstić information content (AvgIpc) is 2.29. The quantitative estimate of drug-likeness (QED) is 0.738. The lowest BCUT2D eigenvalue weighted by Gasteiger charge is -2.16. The minimum atomic E-state index is -0.885. The van der Waals surface area contributed by atoms with E-state index in [-0.39, 0.29) is 5.92 Å². The van der Waals surface area contributed by atoms with Crippen LogP contribution in [0.5, 0.6) is 0 Å². The summed E-state index contributed by atoms with van der Waals surface area (Å²) in [5, 5.41) is 8.93. The van der Waals surface area contributed by atoms with Crippen LogP contribution in [0.3, 0.4) is 0 Å². The highest BCUT2D eigenvalue weighted by Crippen LogP contribution is 2.08. The van der Waals surface area contributed by atoms with E-state index in [2.05, 4.69) is 4.98 Å². The number of aromatic nitrogens is 1. The van der Waals surface area contributed by atoms with E-state index < -0.39 is 12.1 Å². The van der Waals surface area contributed by atoms with Crippen LogP contribution < -0.4 is 0 Å². The minimum absolute atomic E-state index is 0.00609. The van der Waals surface area contributed by atoms with Crippen molar-refractivity contribution in [3.63, 3.8) is 0 Å². The molecule has 0 aliphatic heterocycles. The number of carboxylic acids is 1. The largest absolute Gasteiger partial charge is 0.479 e. The second-order valence-corrected chi connectivity index (χ2v) is 4.33. The highest BCUT2D eigenvalue weighted by molar-refractivity contribution is 5.72. The van der Waals surface area contributed by atoms with Crippen molar-refractivity contribution in [1.29, 1.82) is 0 Å². The van der Waals surface area contributed by atoms with Crippen LogP contribution in [0.1, 0.15) is 25.8 Å². The Bertz CT molecular complexity index is 338. The van der Waals surface area contributed by atoms with Crippen LogP contribution >= 0.6 is 0 Å². The van der Waals surface area contributed by atoms with E-state index >= 15 is 0 Å². The third kappa shape index (κ3) is 4.95. The fraction of sp³-hybridized carbons (Fsp3) is 0.538. The number of nitrogens with zero attached hydrogens (tertiary/aromatic N) is 1. The Kier molecular flexibility index (Phi) is 5.63. The first-order valence-electron chi connectivity index (χ1n) is 5.84. The van der Waals surface area contributed by atoms with Crippen molar-refractivity contribution in [3.8, 4) is 0 Å². The fourth-order valence-corrected chi connectivity index (χ4v) is 1.58. The summed E-state index contributed by atoms with van der Waals surface area (Å²) in [7, 11) is 0. The summed E-state index contributed by atoms with van der Waals surface area (Å²) in [6, 6.07) is 3.91. The molecule has 4 heteroatoms. The first-order valence-corrected chi connectivity index (χ1v) is 5.84. The lowest BCUT2D eigenvalue weighted by Crippen LogP contribution is -2.29. The maximum atomic E-state index is 10.9. The van der Waals surface area contributed by atoms with E-state index in [1.54, 1.807) is 12.4 Å². The van der Waals surface area contributed by atoms with Crippen molar-refractivity contribution >= 4 is 5.97 Å². The summed E-state index contributed by atoms with van der Waals surface area (Å²) in [5.74, 6) is -0.891. The van der Waals surface area contributed by atoms with Gasteiger partial charge in [0, 0.05) is 19.0 Å². The second-order valence-electron chi connectivity index (χ2n) is 4.33. The number of carbonyl (C=O) groups is 1. The van der Waals surface area contributed by atoms with E-state index in [0.717, 1.165) is 12.8 Å². The normalized spacial score (nSPS) is 12.6. The molecule has 1 rings (SSSR count). The highest BCUT2D eigenvalue weighted by atomic mass is 16.5. The molecule has 0 aliphatic carbocycles. The van der Waals surface area contributed by atoms with Crippen LogP contribution in [-0.4, -0.2) is 28.8 Å². The number of rotatable bonds is 7. The Labute approximate surface area is 102 Å². The van der Waals surface area contributed by atoms with Gasteiger partial charge in [-0.25, -0.2) is 4.79 Å². The van der Waals surface area contributed by atoms with Gasteiger partial charge in [-0.05, 0) is 36.5 Å². The summed E-state index contributed by atoms with van der Waals surface area (Å²) in [6.07, 6.45) is 4.51. The van der Waals surface area contributed by atoms with Crippen LogP contribution in [0.2, 0.25) is 0 Å². The maximum Gasteiger partial charge on any atom is 0.333 e. The first kappa shape index (κ1) is 13.6. The van der Waals surface area contributed by atoms with Gasteiger partial charge in [0.2, 0.25) is 0 Å². The number of hydrogen-bond acceptors (Lipinski definition) is 3. The number of hydrogen-bond donors (Lipinski definition) is 1. The van der Waals surface area contributed by atoms with Gasteiger partial charge in [-0.1, -0.05) is 13.8 Å². The summed E-state index contributed by atoms with van der Waals surface area (Å²) < 4.78 is 5.37. The van der Waals surface area contributed by atoms with Gasteiger partial charge in [-0.3, -0.25) is 4.98 Å². The van der Waals surface area contributed by atoms with Gasteiger partial charge in [0.25, 0.3) is 0 Å². The summed E-state index contributed by atoms with van der Waals surface area (Å²) in [4.78, 5) is 14.8. The molecule has 0 bridgehead atoms. The molecular formula is C13H19NO3. The van der Waals surface area contributed by atoms with E-state index in [1.165, 1.54) is 5.56 Å². The molecule has 1 aromatic heterocycles. The molecule has 0 fully saturated rings. The van der Waals surface area contributed by atoms with Crippen molar-refractivity contribution in [3.05, 3.63) is 30.1 Å². The number of pyridine rings is 1. The predicted octanol–water partition coefficient (Wildman–Crippen LogP) is 2.14. The molecule has 1 atom stereocenters. The Balaban J connectivity index is 2.26. The number of carboxylic acid groups (broad SMARTS) is 1. The Hall–Kier alpha value is -1.42. The average molecular weight is 237 g/mol. The van der Waals surface area contributed by atoms with Crippen LogP contribution in [0.4, 0.5) is 0 Å². The van der Waals surface area contributed by atoms with E-state index in [0.29, 0.717) is 6.61 Å². The molecule has 0 spiro atoms. The molecule has 1 N–H and O–H groups in total. The molecule has 0 amide bonds. The fourth-order valence-electron chi connectivity index (χ4n) is 1.58. The van der Waals surface area contributed by atoms with Gasteiger partial charge < -0.3 is 9.84 Å². The van der Waals surface area contributed by atoms with E-state index in [1.807, 2.05) is 26.0 Å². The zero-order chi connectivity index (χ0) is 12.7. The molecule has 0 aromatic carbocycles.